The summed E-state index contributed by atoms with van der Waals surface area (Å²) in [5, 5.41) is 1.03. The highest BCUT2D eigenvalue weighted by Crippen LogP contribution is 2.22. The summed E-state index contributed by atoms with van der Waals surface area (Å²) >= 11 is 0. The zero-order valence-corrected chi connectivity index (χ0v) is 11.7. The second-order valence-electron chi connectivity index (χ2n) is 5.09. The van der Waals surface area contributed by atoms with Crippen LogP contribution < -0.4 is 0 Å². The molecule has 0 aliphatic rings. The molecule has 2 heterocycles. The molecule has 0 fully saturated rings. The van der Waals surface area contributed by atoms with Crippen LogP contribution in [0.5, 0.6) is 0 Å². The van der Waals surface area contributed by atoms with Crippen LogP contribution in [0, 0.1) is 0 Å². The summed E-state index contributed by atoms with van der Waals surface area (Å²) < 4.78 is 3.96. The molecule has 0 bridgehead atoms. The Hall–Kier alpha value is -2.36. The Morgan fingerprint density at radius 3 is 2.75 bits per heavy atom. The first-order valence-electron chi connectivity index (χ1n) is 6.69. The maximum absolute atomic E-state index is 12.4. The van der Waals surface area contributed by atoms with Crippen molar-refractivity contribution in [2.24, 2.45) is 14.1 Å². The number of ketones is 1. The molecule has 0 unspecified atom stereocenters. The van der Waals surface area contributed by atoms with Gasteiger partial charge in [-0.3, -0.25) is 4.79 Å². The van der Waals surface area contributed by atoms with E-state index in [1.165, 1.54) is 0 Å². The smallest absolute Gasteiger partial charge is 0.165 e. The van der Waals surface area contributed by atoms with Gasteiger partial charge in [0.05, 0.1) is 6.33 Å². The summed E-state index contributed by atoms with van der Waals surface area (Å²) in [4.78, 5) is 16.5. The van der Waals surface area contributed by atoms with E-state index in [0.717, 1.165) is 28.6 Å². The Balaban J connectivity index is 1.84. The number of hydrogen-bond acceptors (Lipinski definition) is 2. The highest BCUT2D eigenvalue weighted by molar-refractivity contribution is 6.08. The fourth-order valence-electron chi connectivity index (χ4n) is 2.57. The van der Waals surface area contributed by atoms with Gasteiger partial charge >= 0.3 is 0 Å². The van der Waals surface area contributed by atoms with E-state index in [4.69, 9.17) is 0 Å². The number of hydrogen-bond donors (Lipinski definition) is 0. The van der Waals surface area contributed by atoms with Crippen LogP contribution in [0.15, 0.2) is 43.0 Å². The molecule has 0 aliphatic carbocycles. The summed E-state index contributed by atoms with van der Waals surface area (Å²) in [6.45, 7) is 0. The van der Waals surface area contributed by atoms with Crippen molar-refractivity contribution in [2.45, 2.75) is 12.8 Å². The number of carbonyl (C=O) groups is 1. The van der Waals surface area contributed by atoms with Gasteiger partial charge in [-0.25, -0.2) is 4.98 Å². The summed E-state index contributed by atoms with van der Waals surface area (Å²) in [5.74, 6) is 0.183. The van der Waals surface area contributed by atoms with E-state index in [0.29, 0.717) is 6.42 Å². The van der Waals surface area contributed by atoms with Gasteiger partial charge in [-0.15, -0.1) is 0 Å². The van der Waals surface area contributed by atoms with Crippen LogP contribution in [-0.4, -0.2) is 19.9 Å². The van der Waals surface area contributed by atoms with Crippen molar-refractivity contribution < 1.29 is 4.79 Å². The van der Waals surface area contributed by atoms with E-state index >= 15 is 0 Å². The Morgan fingerprint density at radius 2 is 2.00 bits per heavy atom. The Morgan fingerprint density at radius 1 is 1.20 bits per heavy atom. The maximum Gasteiger partial charge on any atom is 0.165 e. The van der Waals surface area contributed by atoms with Crippen molar-refractivity contribution in [3.63, 3.8) is 0 Å². The molecule has 0 aliphatic heterocycles. The molecule has 3 rings (SSSR count). The second-order valence-corrected chi connectivity index (χ2v) is 5.09. The molecule has 0 atom stereocenters. The van der Waals surface area contributed by atoms with Crippen LogP contribution in [0.4, 0.5) is 0 Å². The normalized spacial score (nSPS) is 11.1. The number of benzene rings is 1. The summed E-state index contributed by atoms with van der Waals surface area (Å²) in [5.41, 5.74) is 2.99. The van der Waals surface area contributed by atoms with Crippen LogP contribution >= 0.6 is 0 Å². The van der Waals surface area contributed by atoms with Crippen molar-refractivity contribution in [3.8, 4) is 0 Å². The van der Waals surface area contributed by atoms with Crippen molar-refractivity contribution >= 4 is 16.7 Å². The highest BCUT2D eigenvalue weighted by atomic mass is 16.1. The number of para-hydroxylation sites is 1. The lowest BCUT2D eigenvalue weighted by molar-refractivity contribution is 0.0984. The molecule has 0 radical (unpaired) electrons. The largest absolute Gasteiger partial charge is 0.350 e. The van der Waals surface area contributed by atoms with Crippen molar-refractivity contribution in [1.29, 1.82) is 0 Å². The zero-order chi connectivity index (χ0) is 14.1. The van der Waals surface area contributed by atoms with Crippen molar-refractivity contribution in [3.05, 3.63) is 54.2 Å². The molecule has 0 spiro atoms. The van der Waals surface area contributed by atoms with E-state index in [1.807, 2.05) is 59.9 Å². The van der Waals surface area contributed by atoms with Gasteiger partial charge < -0.3 is 9.13 Å². The number of fused-ring (bicyclic) bond motifs is 1. The number of nitrogens with zero attached hydrogens (tertiary/aromatic N) is 3. The minimum atomic E-state index is 0.183. The third-order valence-electron chi connectivity index (χ3n) is 3.72. The van der Waals surface area contributed by atoms with Gasteiger partial charge in [-0.05, 0) is 12.5 Å². The highest BCUT2D eigenvalue weighted by Gasteiger charge is 2.14. The Kier molecular flexibility index (Phi) is 3.14. The number of carbonyl (C=O) groups excluding carboxylic acids is 1. The minimum absolute atomic E-state index is 0.183. The molecule has 3 aromatic rings. The quantitative estimate of drug-likeness (QED) is 0.682. The van der Waals surface area contributed by atoms with Crippen molar-refractivity contribution in [1.82, 2.24) is 14.1 Å². The Bertz CT molecular complexity index is 767. The molecule has 0 N–H and O–H groups in total. The molecule has 0 saturated carbocycles. The van der Waals surface area contributed by atoms with Crippen LogP contribution in [0.1, 0.15) is 22.5 Å². The summed E-state index contributed by atoms with van der Waals surface area (Å²) in [6, 6.07) is 8.01. The molecular formula is C16H17N3O. The number of rotatable bonds is 4. The predicted molar refractivity (Wildman–Crippen MR) is 78.8 cm³/mol. The fraction of sp³-hybridized carbons (Fsp3) is 0.250. The Labute approximate surface area is 117 Å². The molecule has 20 heavy (non-hydrogen) atoms. The minimum Gasteiger partial charge on any atom is -0.350 e. The molecule has 102 valence electrons. The van der Waals surface area contributed by atoms with Crippen LogP contribution in [-0.2, 0) is 20.5 Å². The van der Waals surface area contributed by atoms with Crippen LogP contribution in [0.25, 0.3) is 10.9 Å². The maximum atomic E-state index is 12.4. The van der Waals surface area contributed by atoms with Gasteiger partial charge in [0.1, 0.15) is 0 Å². The molecule has 1 aromatic carbocycles. The molecular weight excluding hydrogens is 250 g/mol. The van der Waals surface area contributed by atoms with E-state index in [-0.39, 0.29) is 5.78 Å². The fourth-order valence-corrected chi connectivity index (χ4v) is 2.57. The lowest BCUT2D eigenvalue weighted by Crippen LogP contribution is -2.03. The first-order valence-corrected chi connectivity index (χ1v) is 6.69. The second kappa shape index (κ2) is 4.96. The zero-order valence-electron chi connectivity index (χ0n) is 11.7. The topological polar surface area (TPSA) is 39.8 Å². The van der Waals surface area contributed by atoms with Crippen LogP contribution in [0.3, 0.4) is 0 Å². The number of Topliss-reactive ketones (excluding diaryl/α,β-unsaturated/α-hetero) is 1. The molecule has 4 heteroatoms. The molecule has 0 saturated heterocycles. The van der Waals surface area contributed by atoms with Crippen LogP contribution in [0.2, 0.25) is 0 Å². The van der Waals surface area contributed by atoms with E-state index in [1.54, 1.807) is 6.33 Å². The average Bonchev–Trinajstić information content (AvgIpc) is 3.01. The molecule has 0 amide bonds. The SMILES string of the molecule is Cn1cncc1CCC(=O)c1cn(C)c2ccccc12. The van der Waals surface area contributed by atoms with Gasteiger partial charge in [0, 0.05) is 55.1 Å². The van der Waals surface area contributed by atoms with E-state index in [9.17, 15) is 4.79 Å². The van der Waals surface area contributed by atoms with Gasteiger partial charge in [-0.1, -0.05) is 18.2 Å². The number of aromatic nitrogens is 3. The van der Waals surface area contributed by atoms with Crippen molar-refractivity contribution in [2.75, 3.05) is 0 Å². The van der Waals surface area contributed by atoms with E-state index < -0.39 is 0 Å². The van der Waals surface area contributed by atoms with Gasteiger partial charge in [0.15, 0.2) is 5.78 Å². The summed E-state index contributed by atoms with van der Waals surface area (Å²) in [7, 11) is 3.92. The average molecular weight is 267 g/mol. The van der Waals surface area contributed by atoms with Gasteiger partial charge in [0.25, 0.3) is 0 Å². The van der Waals surface area contributed by atoms with Gasteiger partial charge in [0.2, 0.25) is 0 Å². The third-order valence-corrected chi connectivity index (χ3v) is 3.72. The predicted octanol–water partition coefficient (Wildman–Crippen LogP) is 2.73. The van der Waals surface area contributed by atoms with Gasteiger partial charge in [-0.2, -0.15) is 0 Å². The first-order chi connectivity index (χ1) is 9.66. The number of imidazole rings is 1. The molecule has 4 nitrogen and oxygen atoms in total. The third kappa shape index (κ3) is 2.13. The first kappa shape index (κ1) is 12.7. The standard InChI is InChI=1S/C16H17N3O/c1-18-10-14(13-5-3-4-6-15(13)18)16(20)8-7-12-9-17-11-19(12)2/h3-6,9-11H,7-8H2,1-2H3. The number of aryl methyl sites for hydroxylation is 3. The summed E-state index contributed by atoms with van der Waals surface area (Å²) in [6.07, 6.45) is 6.73. The lowest BCUT2D eigenvalue weighted by Gasteiger charge is -2.01. The monoisotopic (exact) mass is 267 g/mol. The van der Waals surface area contributed by atoms with E-state index in [2.05, 4.69) is 4.98 Å². The lowest BCUT2D eigenvalue weighted by atomic mass is 10.0. The molecule has 2 aromatic heterocycles.